The Kier molecular flexibility index (Phi) is 9.52. The number of ether oxygens (including phenoxy) is 1. The zero-order valence-electron chi connectivity index (χ0n) is 28.4. The number of rotatable bonds is 10. The molecular formula is C44H36N4O3. The molecule has 0 saturated heterocycles. The van der Waals surface area contributed by atoms with Crippen molar-refractivity contribution in [3.8, 4) is 45.1 Å². The van der Waals surface area contributed by atoms with Gasteiger partial charge in [0.25, 0.3) is 5.91 Å². The molecule has 2 aromatic heterocycles. The summed E-state index contributed by atoms with van der Waals surface area (Å²) in [5.41, 5.74) is 13.4. The number of amides is 1. The maximum absolute atomic E-state index is 13.3. The maximum Gasteiger partial charge on any atom is 0.338 e. The van der Waals surface area contributed by atoms with Gasteiger partial charge in [0, 0.05) is 28.2 Å². The summed E-state index contributed by atoms with van der Waals surface area (Å²) in [5, 5.41) is 4.44. The van der Waals surface area contributed by atoms with Crippen LogP contribution >= 0.6 is 0 Å². The second-order valence-corrected chi connectivity index (χ2v) is 12.0. The third-order valence-electron chi connectivity index (χ3n) is 8.69. The molecule has 0 saturated carbocycles. The highest BCUT2D eigenvalue weighted by molar-refractivity contribution is 5.97. The minimum atomic E-state index is -0.363. The Morgan fingerprint density at radius 3 is 1.75 bits per heavy atom. The molecule has 0 unspecified atom stereocenters. The van der Waals surface area contributed by atoms with Crippen LogP contribution in [0.25, 0.3) is 45.1 Å². The molecule has 1 amide bonds. The number of nitrogens with zero attached hydrogens (tertiary/aromatic N) is 3. The van der Waals surface area contributed by atoms with Gasteiger partial charge >= 0.3 is 5.97 Å². The van der Waals surface area contributed by atoms with Crippen molar-refractivity contribution in [2.75, 3.05) is 6.61 Å². The molecule has 2 heterocycles. The molecule has 0 aliphatic heterocycles. The molecule has 7 heteroatoms. The summed E-state index contributed by atoms with van der Waals surface area (Å²) in [6, 6.07) is 51.5. The lowest BCUT2D eigenvalue weighted by atomic mass is 10.1. The van der Waals surface area contributed by atoms with Gasteiger partial charge in [-0.25, -0.2) is 10.2 Å². The van der Waals surface area contributed by atoms with Gasteiger partial charge in [-0.2, -0.15) is 5.10 Å². The van der Waals surface area contributed by atoms with Crippen LogP contribution < -0.4 is 5.43 Å². The minimum Gasteiger partial charge on any atom is -0.462 e. The number of carbonyl (C=O) groups is 2. The summed E-state index contributed by atoms with van der Waals surface area (Å²) in [6.45, 7) is 4.17. The third-order valence-corrected chi connectivity index (χ3v) is 8.69. The van der Waals surface area contributed by atoms with Gasteiger partial charge in [0.1, 0.15) is 0 Å². The molecule has 7 rings (SSSR count). The lowest BCUT2D eigenvalue weighted by molar-refractivity contribution is 0.0526. The van der Waals surface area contributed by atoms with Crippen molar-refractivity contribution in [3.63, 3.8) is 0 Å². The van der Waals surface area contributed by atoms with E-state index in [1.807, 2.05) is 103 Å². The standard InChI is InChI=1S/C44H36N4O3/c1-3-51-44(50)36-22-26-39(27-23-36)48-41(33-15-9-5-10-16-33)29-37(42(48)34-17-11-6-12-18-34)30-45-46-43(49)35-20-24-38(25-21-35)47-31(2)19-28-40(47)32-13-7-4-8-14-32/h4-30H,3H2,1-2H3,(H,46,49)/b45-30-. The summed E-state index contributed by atoms with van der Waals surface area (Å²) < 4.78 is 9.54. The van der Waals surface area contributed by atoms with Crippen molar-refractivity contribution >= 4 is 18.1 Å². The van der Waals surface area contributed by atoms with Crippen molar-refractivity contribution in [3.05, 3.63) is 180 Å². The number of hydrogen-bond acceptors (Lipinski definition) is 4. The van der Waals surface area contributed by atoms with E-state index in [1.54, 1.807) is 25.3 Å². The van der Waals surface area contributed by atoms with Crippen LogP contribution in [-0.2, 0) is 4.74 Å². The minimum absolute atomic E-state index is 0.308. The van der Waals surface area contributed by atoms with Gasteiger partial charge in [-0.3, -0.25) is 4.79 Å². The molecule has 0 radical (unpaired) electrons. The predicted molar refractivity (Wildman–Crippen MR) is 204 cm³/mol. The Morgan fingerprint density at radius 1 is 0.627 bits per heavy atom. The largest absolute Gasteiger partial charge is 0.462 e. The highest BCUT2D eigenvalue weighted by Crippen LogP contribution is 2.35. The van der Waals surface area contributed by atoms with Gasteiger partial charge in [0.05, 0.1) is 35.5 Å². The predicted octanol–water partition coefficient (Wildman–Crippen LogP) is 9.52. The zero-order chi connectivity index (χ0) is 35.2. The SMILES string of the molecule is CCOC(=O)c1ccc(-n2c(-c3ccccc3)cc(/C=N\NC(=O)c3ccc(-n4c(C)ccc4-c4ccccc4)cc3)c2-c2ccccc2)cc1. The van der Waals surface area contributed by atoms with Gasteiger partial charge in [0.2, 0.25) is 0 Å². The van der Waals surface area contributed by atoms with E-state index in [0.717, 1.165) is 56.4 Å². The Hall–Kier alpha value is -6.73. The van der Waals surface area contributed by atoms with Crippen molar-refractivity contribution in [1.82, 2.24) is 14.6 Å². The van der Waals surface area contributed by atoms with Crippen molar-refractivity contribution < 1.29 is 14.3 Å². The molecule has 0 atom stereocenters. The summed E-state index contributed by atoms with van der Waals surface area (Å²) in [6.07, 6.45) is 1.68. The van der Waals surface area contributed by atoms with Gasteiger partial charge in [-0.05, 0) is 97.3 Å². The Balaban J connectivity index is 1.21. The average Bonchev–Trinajstić information content (AvgIpc) is 3.77. The van der Waals surface area contributed by atoms with Crippen LogP contribution in [0.2, 0.25) is 0 Å². The van der Waals surface area contributed by atoms with Gasteiger partial charge in [-0.15, -0.1) is 0 Å². The fraction of sp³-hybridized carbons (Fsp3) is 0.0682. The van der Waals surface area contributed by atoms with Crippen LogP contribution in [0, 0.1) is 6.92 Å². The number of carbonyl (C=O) groups excluding carboxylic acids is 2. The summed E-state index contributed by atoms with van der Waals surface area (Å²) in [5.74, 6) is -0.679. The fourth-order valence-electron chi connectivity index (χ4n) is 6.27. The molecule has 0 spiro atoms. The molecule has 0 aliphatic rings. The molecule has 0 bridgehead atoms. The van der Waals surface area contributed by atoms with E-state index in [0.29, 0.717) is 17.7 Å². The number of aryl methyl sites for hydroxylation is 1. The molecule has 7 nitrogen and oxygen atoms in total. The van der Waals surface area contributed by atoms with Crippen LogP contribution in [0.5, 0.6) is 0 Å². The second-order valence-electron chi connectivity index (χ2n) is 12.0. The average molecular weight is 669 g/mol. The van der Waals surface area contributed by atoms with Crippen LogP contribution in [-0.4, -0.2) is 33.8 Å². The fourth-order valence-corrected chi connectivity index (χ4v) is 6.27. The Morgan fingerprint density at radius 2 is 1.16 bits per heavy atom. The van der Waals surface area contributed by atoms with E-state index in [1.165, 1.54) is 0 Å². The Bertz CT molecular complexity index is 2300. The summed E-state index contributed by atoms with van der Waals surface area (Å²) in [4.78, 5) is 25.7. The molecule has 51 heavy (non-hydrogen) atoms. The van der Waals surface area contributed by atoms with Crippen LogP contribution in [0.15, 0.2) is 163 Å². The van der Waals surface area contributed by atoms with E-state index >= 15 is 0 Å². The van der Waals surface area contributed by atoms with E-state index in [9.17, 15) is 9.59 Å². The molecule has 7 aromatic rings. The van der Waals surface area contributed by atoms with Crippen LogP contribution in [0.1, 0.15) is 38.9 Å². The third kappa shape index (κ3) is 6.91. The molecule has 250 valence electrons. The highest BCUT2D eigenvalue weighted by atomic mass is 16.5. The molecule has 5 aromatic carbocycles. The zero-order valence-corrected chi connectivity index (χ0v) is 28.4. The summed E-state index contributed by atoms with van der Waals surface area (Å²) >= 11 is 0. The maximum atomic E-state index is 13.3. The number of hydrogen-bond donors (Lipinski definition) is 1. The van der Waals surface area contributed by atoms with E-state index in [4.69, 9.17) is 4.74 Å². The second kappa shape index (κ2) is 14.8. The lowest BCUT2D eigenvalue weighted by Gasteiger charge is -2.15. The van der Waals surface area contributed by atoms with Crippen LogP contribution in [0.4, 0.5) is 0 Å². The first-order valence-corrected chi connectivity index (χ1v) is 16.8. The molecule has 0 fully saturated rings. The van der Waals surface area contributed by atoms with E-state index in [2.05, 4.69) is 69.0 Å². The first kappa shape index (κ1) is 32.8. The number of esters is 1. The van der Waals surface area contributed by atoms with Crippen LogP contribution in [0.3, 0.4) is 0 Å². The molecular weight excluding hydrogens is 633 g/mol. The lowest BCUT2D eigenvalue weighted by Crippen LogP contribution is -2.17. The number of nitrogens with one attached hydrogen (secondary N) is 1. The normalized spacial score (nSPS) is 11.1. The number of benzene rings is 5. The van der Waals surface area contributed by atoms with Crippen molar-refractivity contribution in [2.24, 2.45) is 5.10 Å². The summed E-state index contributed by atoms with van der Waals surface area (Å²) in [7, 11) is 0. The first-order chi connectivity index (χ1) is 25.0. The number of hydrazone groups is 1. The molecule has 1 N–H and O–H groups in total. The molecule has 0 aliphatic carbocycles. The van der Waals surface area contributed by atoms with Gasteiger partial charge in [0.15, 0.2) is 0 Å². The van der Waals surface area contributed by atoms with E-state index < -0.39 is 0 Å². The monoisotopic (exact) mass is 668 g/mol. The topological polar surface area (TPSA) is 77.6 Å². The van der Waals surface area contributed by atoms with Crippen molar-refractivity contribution in [2.45, 2.75) is 13.8 Å². The van der Waals surface area contributed by atoms with Crippen molar-refractivity contribution in [1.29, 1.82) is 0 Å². The number of aromatic nitrogens is 2. The van der Waals surface area contributed by atoms with Gasteiger partial charge < -0.3 is 13.9 Å². The first-order valence-electron chi connectivity index (χ1n) is 16.8. The Labute approximate surface area is 297 Å². The quantitative estimate of drug-likeness (QED) is 0.0896. The smallest absolute Gasteiger partial charge is 0.338 e. The van der Waals surface area contributed by atoms with E-state index in [-0.39, 0.29) is 11.9 Å². The van der Waals surface area contributed by atoms with Gasteiger partial charge in [-0.1, -0.05) is 91.0 Å². The highest BCUT2D eigenvalue weighted by Gasteiger charge is 2.20.